The van der Waals surface area contributed by atoms with Crippen molar-refractivity contribution in [1.82, 2.24) is 0 Å². The third-order valence-electron chi connectivity index (χ3n) is 2.77. The van der Waals surface area contributed by atoms with Crippen molar-refractivity contribution in [1.29, 1.82) is 0 Å². The van der Waals surface area contributed by atoms with Crippen LogP contribution in [0.2, 0.25) is 0 Å². The van der Waals surface area contributed by atoms with Gasteiger partial charge in [-0.2, -0.15) is 0 Å². The van der Waals surface area contributed by atoms with Crippen molar-refractivity contribution < 1.29 is 14.5 Å². The van der Waals surface area contributed by atoms with E-state index in [1.807, 2.05) is 19.1 Å². The van der Waals surface area contributed by atoms with Crippen molar-refractivity contribution in [2.24, 2.45) is 0 Å². The fraction of sp³-hybridized carbons (Fsp3) is 0.133. The standard InChI is InChI=1S/C15H13NO4/c1-11-5-7-14(8-6-11)20-10-15(17)12-3-2-4-13(9-12)16(18)19/h2-9H,10H2,1H3. The molecule has 0 N–H and O–H groups in total. The fourth-order valence-corrected chi connectivity index (χ4v) is 1.66. The van der Waals surface area contributed by atoms with E-state index in [4.69, 9.17) is 4.74 Å². The Balaban J connectivity index is 2.03. The molecule has 2 aromatic rings. The van der Waals surface area contributed by atoms with Gasteiger partial charge in [-0.05, 0) is 19.1 Å². The number of Topliss-reactive ketones (excluding diaryl/α,β-unsaturated/α-hetero) is 1. The number of carbonyl (C=O) groups is 1. The van der Waals surface area contributed by atoms with E-state index < -0.39 is 4.92 Å². The van der Waals surface area contributed by atoms with E-state index in [9.17, 15) is 14.9 Å². The topological polar surface area (TPSA) is 69.4 Å². The third kappa shape index (κ3) is 3.41. The molecular weight excluding hydrogens is 258 g/mol. The third-order valence-corrected chi connectivity index (χ3v) is 2.77. The van der Waals surface area contributed by atoms with E-state index in [0.29, 0.717) is 5.75 Å². The first-order chi connectivity index (χ1) is 9.56. The summed E-state index contributed by atoms with van der Waals surface area (Å²) in [5.74, 6) is 0.295. The van der Waals surface area contributed by atoms with Crippen molar-refractivity contribution in [3.63, 3.8) is 0 Å². The van der Waals surface area contributed by atoms with Crippen LogP contribution in [-0.2, 0) is 0 Å². The van der Waals surface area contributed by atoms with Gasteiger partial charge in [0.25, 0.3) is 5.69 Å². The Morgan fingerprint density at radius 3 is 2.55 bits per heavy atom. The van der Waals surface area contributed by atoms with Crippen LogP contribution in [0, 0.1) is 17.0 Å². The molecule has 0 bridgehead atoms. The smallest absolute Gasteiger partial charge is 0.270 e. The SMILES string of the molecule is Cc1ccc(OCC(=O)c2cccc([N+](=O)[O-])c2)cc1. The second-order valence-electron chi connectivity index (χ2n) is 4.33. The maximum atomic E-state index is 11.9. The van der Waals surface area contributed by atoms with Crippen molar-refractivity contribution in [2.45, 2.75) is 6.92 Å². The summed E-state index contributed by atoms with van der Waals surface area (Å²) in [5.41, 5.74) is 1.26. The molecular formula is C15H13NO4. The molecule has 0 saturated heterocycles. The molecule has 2 rings (SSSR count). The quantitative estimate of drug-likeness (QED) is 0.476. The van der Waals surface area contributed by atoms with Gasteiger partial charge < -0.3 is 4.74 Å². The van der Waals surface area contributed by atoms with E-state index >= 15 is 0 Å². The van der Waals surface area contributed by atoms with Gasteiger partial charge in [0.15, 0.2) is 12.4 Å². The van der Waals surface area contributed by atoms with Gasteiger partial charge in [0, 0.05) is 17.7 Å². The molecule has 0 aliphatic heterocycles. The zero-order valence-corrected chi connectivity index (χ0v) is 10.9. The normalized spacial score (nSPS) is 10.1. The van der Waals surface area contributed by atoms with Crippen LogP contribution >= 0.6 is 0 Å². The molecule has 0 aliphatic rings. The van der Waals surface area contributed by atoms with Crippen molar-refractivity contribution in [3.05, 3.63) is 69.8 Å². The average molecular weight is 271 g/mol. The lowest BCUT2D eigenvalue weighted by Gasteiger charge is -2.05. The highest BCUT2D eigenvalue weighted by Gasteiger charge is 2.12. The zero-order chi connectivity index (χ0) is 14.5. The van der Waals surface area contributed by atoms with E-state index in [1.165, 1.54) is 24.3 Å². The predicted molar refractivity (Wildman–Crippen MR) is 74.1 cm³/mol. The van der Waals surface area contributed by atoms with Gasteiger partial charge in [0.1, 0.15) is 5.75 Å². The molecule has 5 heteroatoms. The number of aryl methyl sites for hydroxylation is 1. The number of benzene rings is 2. The molecule has 0 aliphatic carbocycles. The van der Waals surface area contributed by atoms with E-state index in [0.717, 1.165) is 5.56 Å². The number of carbonyl (C=O) groups excluding carboxylic acids is 1. The van der Waals surface area contributed by atoms with Gasteiger partial charge in [-0.3, -0.25) is 14.9 Å². The van der Waals surface area contributed by atoms with Crippen LogP contribution in [0.4, 0.5) is 5.69 Å². The van der Waals surface area contributed by atoms with Crippen LogP contribution in [0.1, 0.15) is 15.9 Å². The first-order valence-corrected chi connectivity index (χ1v) is 6.03. The van der Waals surface area contributed by atoms with Gasteiger partial charge in [-0.15, -0.1) is 0 Å². The number of nitro benzene ring substituents is 1. The molecule has 0 amide bonds. The summed E-state index contributed by atoms with van der Waals surface area (Å²) in [6.07, 6.45) is 0. The largest absolute Gasteiger partial charge is 0.485 e. The van der Waals surface area contributed by atoms with Gasteiger partial charge in [0.05, 0.1) is 4.92 Å². The minimum Gasteiger partial charge on any atom is -0.485 e. The minimum atomic E-state index is -0.530. The highest BCUT2D eigenvalue weighted by atomic mass is 16.6. The summed E-state index contributed by atoms with van der Waals surface area (Å²) in [6, 6.07) is 12.9. The highest BCUT2D eigenvalue weighted by Crippen LogP contribution is 2.15. The molecule has 0 radical (unpaired) electrons. The number of rotatable bonds is 5. The number of nitrogens with zero attached hydrogens (tertiary/aromatic N) is 1. The number of ketones is 1. The Bertz CT molecular complexity index is 635. The molecule has 0 unspecified atom stereocenters. The van der Waals surface area contributed by atoms with Crippen LogP contribution in [0.15, 0.2) is 48.5 Å². The lowest BCUT2D eigenvalue weighted by atomic mass is 10.1. The van der Waals surface area contributed by atoms with Gasteiger partial charge >= 0.3 is 0 Å². The number of hydrogen-bond donors (Lipinski definition) is 0. The molecule has 2 aromatic carbocycles. The number of nitro groups is 1. The first kappa shape index (κ1) is 13.7. The average Bonchev–Trinajstić information content (AvgIpc) is 2.46. The molecule has 0 aromatic heterocycles. The lowest BCUT2D eigenvalue weighted by molar-refractivity contribution is -0.384. The van der Waals surface area contributed by atoms with Gasteiger partial charge in [-0.1, -0.05) is 29.8 Å². The molecule has 20 heavy (non-hydrogen) atoms. The summed E-state index contributed by atoms with van der Waals surface area (Å²) in [4.78, 5) is 22.0. The lowest BCUT2D eigenvalue weighted by Crippen LogP contribution is -2.11. The van der Waals surface area contributed by atoms with Crippen LogP contribution in [0.5, 0.6) is 5.75 Å². The molecule has 0 atom stereocenters. The Kier molecular flexibility index (Phi) is 4.10. The minimum absolute atomic E-state index is 0.105. The van der Waals surface area contributed by atoms with Crippen molar-refractivity contribution in [2.75, 3.05) is 6.61 Å². The van der Waals surface area contributed by atoms with Crippen LogP contribution < -0.4 is 4.74 Å². The van der Waals surface area contributed by atoms with Crippen LogP contribution in [0.3, 0.4) is 0 Å². The van der Waals surface area contributed by atoms with E-state index in [2.05, 4.69) is 0 Å². The zero-order valence-electron chi connectivity index (χ0n) is 10.9. The summed E-state index contributed by atoms with van der Waals surface area (Å²) >= 11 is 0. The predicted octanol–water partition coefficient (Wildman–Crippen LogP) is 3.16. The Labute approximate surface area is 116 Å². The van der Waals surface area contributed by atoms with Crippen molar-refractivity contribution in [3.8, 4) is 5.75 Å². The summed E-state index contributed by atoms with van der Waals surface area (Å²) in [6.45, 7) is 1.81. The molecule has 0 spiro atoms. The van der Waals surface area contributed by atoms with Gasteiger partial charge in [0.2, 0.25) is 0 Å². The fourth-order valence-electron chi connectivity index (χ4n) is 1.66. The number of ether oxygens (including phenoxy) is 1. The molecule has 0 fully saturated rings. The number of hydrogen-bond acceptors (Lipinski definition) is 4. The maximum Gasteiger partial charge on any atom is 0.270 e. The summed E-state index contributed by atoms with van der Waals surface area (Å²) in [5, 5.41) is 10.7. The van der Waals surface area contributed by atoms with Gasteiger partial charge in [-0.25, -0.2) is 0 Å². The second-order valence-corrected chi connectivity index (χ2v) is 4.33. The monoisotopic (exact) mass is 271 g/mol. The molecule has 102 valence electrons. The Hall–Kier alpha value is -2.69. The van der Waals surface area contributed by atoms with Crippen LogP contribution in [-0.4, -0.2) is 17.3 Å². The molecule has 5 nitrogen and oxygen atoms in total. The van der Waals surface area contributed by atoms with E-state index in [-0.39, 0.29) is 23.6 Å². The Morgan fingerprint density at radius 1 is 1.20 bits per heavy atom. The molecule has 0 heterocycles. The molecule has 0 saturated carbocycles. The summed E-state index contributed by atoms with van der Waals surface area (Å²) in [7, 11) is 0. The number of non-ortho nitro benzene ring substituents is 1. The highest BCUT2D eigenvalue weighted by molar-refractivity contribution is 5.97. The first-order valence-electron chi connectivity index (χ1n) is 6.03. The summed E-state index contributed by atoms with van der Waals surface area (Å²) < 4.78 is 5.36. The van der Waals surface area contributed by atoms with Crippen molar-refractivity contribution >= 4 is 11.5 Å². The van der Waals surface area contributed by atoms with Crippen LogP contribution in [0.25, 0.3) is 0 Å². The maximum absolute atomic E-state index is 11.9. The Morgan fingerprint density at radius 2 is 1.90 bits per heavy atom. The van der Waals surface area contributed by atoms with E-state index in [1.54, 1.807) is 12.1 Å². The second kappa shape index (κ2) is 5.97.